The normalized spacial score (nSPS) is 6.60. The summed E-state index contributed by atoms with van der Waals surface area (Å²) in [5, 5.41) is 8.29. The molecule has 0 heterocycles. The van der Waals surface area contributed by atoms with Crippen molar-refractivity contribution in [2.24, 2.45) is 0 Å². The molecule has 0 radical (unpaired) electrons. The molecule has 0 aliphatic rings. The van der Waals surface area contributed by atoms with Gasteiger partial charge in [0.2, 0.25) is 0 Å². The van der Waals surface area contributed by atoms with E-state index in [2.05, 4.69) is 6.92 Å². The van der Waals surface area contributed by atoms with E-state index >= 15 is 0 Å². The predicted molar refractivity (Wildman–Crippen MR) is 45.7 cm³/mol. The molecule has 0 aromatic carbocycles. The smallest absolute Gasteiger partial charge is 0.0431 e. The van der Waals surface area contributed by atoms with Crippen LogP contribution in [0.1, 0.15) is 32.6 Å². The van der Waals surface area contributed by atoms with E-state index in [1.165, 1.54) is 19.3 Å². The zero-order valence-corrected chi connectivity index (χ0v) is 9.49. The first-order chi connectivity index (χ1) is 3.41. The Morgan fingerprint density at radius 3 is 1.80 bits per heavy atom. The molecule has 10 heavy (non-hydrogen) atoms. The molecule has 0 fully saturated rings. The molecule has 0 spiro atoms. The van der Waals surface area contributed by atoms with Crippen LogP contribution in [-0.4, -0.2) is 11.7 Å². The van der Waals surface area contributed by atoms with Crippen LogP contribution in [0.4, 0.5) is 0 Å². The fourth-order valence-corrected chi connectivity index (χ4v) is 0.539. The van der Waals surface area contributed by atoms with E-state index in [1.54, 1.807) is 0 Å². The molecule has 0 saturated carbocycles. The van der Waals surface area contributed by atoms with Crippen molar-refractivity contribution in [1.29, 1.82) is 0 Å². The van der Waals surface area contributed by atoms with Gasteiger partial charge < -0.3 is 5.11 Å². The minimum absolute atomic E-state index is 0. The molecule has 64 valence electrons. The second-order valence-electron chi connectivity index (χ2n) is 1.78. The standard InChI is InChI=1S/C6H14O.2ClH.Ti/c1-2-3-4-5-6-7;;;/h7H,2-6H2,1H3;2*1H;. The second kappa shape index (κ2) is 22.5. The fourth-order valence-electron chi connectivity index (χ4n) is 0.539. The van der Waals surface area contributed by atoms with E-state index < -0.39 is 0 Å². The SMILES string of the molecule is CCCCCCO.Cl.Cl.[Ti]. The van der Waals surface area contributed by atoms with Gasteiger partial charge >= 0.3 is 0 Å². The average Bonchev–Trinajstić information content (AvgIpc) is 1.69. The number of aliphatic hydroxyl groups excluding tert-OH is 1. The summed E-state index contributed by atoms with van der Waals surface area (Å²) in [4.78, 5) is 0. The monoisotopic (exact) mass is 222 g/mol. The molecule has 0 saturated heterocycles. The van der Waals surface area contributed by atoms with Crippen LogP contribution in [0.2, 0.25) is 0 Å². The van der Waals surface area contributed by atoms with Crippen LogP contribution in [-0.2, 0) is 21.7 Å². The molecule has 0 atom stereocenters. The van der Waals surface area contributed by atoms with E-state index in [1.807, 2.05) is 0 Å². The second-order valence-corrected chi connectivity index (χ2v) is 1.78. The van der Waals surface area contributed by atoms with Crippen molar-refractivity contribution in [2.75, 3.05) is 6.61 Å². The number of rotatable bonds is 4. The van der Waals surface area contributed by atoms with Crippen LogP contribution < -0.4 is 0 Å². The Morgan fingerprint density at radius 2 is 1.50 bits per heavy atom. The minimum atomic E-state index is 0. The predicted octanol–water partition coefficient (Wildman–Crippen LogP) is 2.40. The van der Waals surface area contributed by atoms with Crippen LogP contribution >= 0.6 is 24.8 Å². The van der Waals surface area contributed by atoms with E-state index in [4.69, 9.17) is 5.11 Å². The van der Waals surface area contributed by atoms with Gasteiger partial charge in [-0.15, -0.1) is 24.8 Å². The van der Waals surface area contributed by atoms with Crippen molar-refractivity contribution in [3.05, 3.63) is 0 Å². The van der Waals surface area contributed by atoms with Gasteiger partial charge in [-0.05, 0) is 6.42 Å². The van der Waals surface area contributed by atoms with Crippen molar-refractivity contribution in [2.45, 2.75) is 32.6 Å². The Balaban J connectivity index is -0.0000000600. The average molecular weight is 223 g/mol. The maximum Gasteiger partial charge on any atom is 0.0431 e. The molecule has 0 aliphatic carbocycles. The molecular weight excluding hydrogens is 207 g/mol. The summed E-state index contributed by atoms with van der Waals surface area (Å²) in [7, 11) is 0. The van der Waals surface area contributed by atoms with Gasteiger partial charge in [0.05, 0.1) is 0 Å². The third-order valence-corrected chi connectivity index (χ3v) is 1.01. The van der Waals surface area contributed by atoms with E-state index in [0.717, 1.165) is 6.42 Å². The van der Waals surface area contributed by atoms with E-state index in [9.17, 15) is 0 Å². The van der Waals surface area contributed by atoms with Crippen molar-refractivity contribution >= 4 is 24.8 Å². The molecule has 0 aromatic rings. The van der Waals surface area contributed by atoms with Crippen LogP contribution in [0.5, 0.6) is 0 Å². The van der Waals surface area contributed by atoms with Crippen molar-refractivity contribution < 1.29 is 26.8 Å². The fraction of sp³-hybridized carbons (Fsp3) is 1.00. The van der Waals surface area contributed by atoms with Crippen molar-refractivity contribution in [3.8, 4) is 0 Å². The van der Waals surface area contributed by atoms with Gasteiger partial charge in [0.15, 0.2) is 0 Å². The summed E-state index contributed by atoms with van der Waals surface area (Å²) in [5.74, 6) is 0. The van der Waals surface area contributed by atoms with Crippen molar-refractivity contribution in [1.82, 2.24) is 0 Å². The van der Waals surface area contributed by atoms with E-state index in [-0.39, 0.29) is 46.5 Å². The first kappa shape index (κ1) is 22.5. The number of hydrogen-bond acceptors (Lipinski definition) is 1. The Hall–Kier alpha value is 1.25. The maximum absolute atomic E-state index is 8.29. The summed E-state index contributed by atoms with van der Waals surface area (Å²) >= 11 is 0. The van der Waals surface area contributed by atoms with Crippen LogP contribution in [0.15, 0.2) is 0 Å². The number of aliphatic hydroxyl groups is 1. The molecule has 0 aliphatic heterocycles. The van der Waals surface area contributed by atoms with Crippen LogP contribution in [0, 0.1) is 0 Å². The third kappa shape index (κ3) is 22.8. The van der Waals surface area contributed by atoms with Crippen molar-refractivity contribution in [3.63, 3.8) is 0 Å². The topological polar surface area (TPSA) is 20.2 Å². The molecular formula is C6H16Cl2OTi. The van der Waals surface area contributed by atoms with Gasteiger partial charge in [0, 0.05) is 28.3 Å². The van der Waals surface area contributed by atoms with Gasteiger partial charge in [-0.3, -0.25) is 0 Å². The molecule has 0 aromatic heterocycles. The van der Waals surface area contributed by atoms with Crippen LogP contribution in [0.25, 0.3) is 0 Å². The Bertz CT molecular complexity index is 34.9. The molecule has 0 rings (SSSR count). The summed E-state index contributed by atoms with van der Waals surface area (Å²) in [5.41, 5.74) is 0. The van der Waals surface area contributed by atoms with Gasteiger partial charge in [-0.1, -0.05) is 26.2 Å². The maximum atomic E-state index is 8.29. The molecule has 0 amide bonds. The number of unbranched alkanes of at least 4 members (excludes halogenated alkanes) is 3. The van der Waals surface area contributed by atoms with Gasteiger partial charge in [0.25, 0.3) is 0 Å². The molecule has 0 unspecified atom stereocenters. The molecule has 1 nitrogen and oxygen atoms in total. The van der Waals surface area contributed by atoms with Gasteiger partial charge in [-0.2, -0.15) is 0 Å². The molecule has 4 heteroatoms. The minimum Gasteiger partial charge on any atom is -0.396 e. The summed E-state index contributed by atoms with van der Waals surface area (Å²) in [6.07, 6.45) is 4.68. The molecule has 1 N–H and O–H groups in total. The third-order valence-electron chi connectivity index (χ3n) is 1.01. The Kier molecular flexibility index (Phi) is 50.5. The van der Waals surface area contributed by atoms with E-state index in [0.29, 0.717) is 6.61 Å². The zero-order valence-electron chi connectivity index (χ0n) is 6.30. The van der Waals surface area contributed by atoms with Crippen LogP contribution in [0.3, 0.4) is 0 Å². The van der Waals surface area contributed by atoms with Gasteiger partial charge in [-0.25, -0.2) is 0 Å². The van der Waals surface area contributed by atoms with Gasteiger partial charge in [0.1, 0.15) is 0 Å². The number of hydrogen-bond donors (Lipinski definition) is 1. The first-order valence-electron chi connectivity index (χ1n) is 3.02. The quantitative estimate of drug-likeness (QED) is 0.573. The Morgan fingerprint density at radius 1 is 1.00 bits per heavy atom. The first-order valence-corrected chi connectivity index (χ1v) is 3.02. The largest absolute Gasteiger partial charge is 0.396 e. The molecule has 0 bridgehead atoms. The summed E-state index contributed by atoms with van der Waals surface area (Å²) in [6, 6.07) is 0. The summed E-state index contributed by atoms with van der Waals surface area (Å²) < 4.78 is 0. The summed E-state index contributed by atoms with van der Waals surface area (Å²) in [6.45, 7) is 2.53. The zero-order chi connectivity index (χ0) is 5.54. The Labute approximate surface area is 90.7 Å². The number of halogens is 2.